The van der Waals surface area contributed by atoms with Gasteiger partial charge in [-0.3, -0.25) is 4.79 Å². The lowest BCUT2D eigenvalue weighted by atomic mass is 10.2. The standard InChI is InChI=1S/C12H17BrN2O/c1-14-8-3-9-15(2)12(16)10-4-6-11(13)7-5-10/h4-7,14H,3,8-9H2,1-2H3. The van der Waals surface area contributed by atoms with Crippen LogP contribution >= 0.6 is 15.9 Å². The number of halogens is 1. The highest BCUT2D eigenvalue weighted by molar-refractivity contribution is 9.10. The molecule has 1 amide bonds. The molecule has 1 rings (SSSR count). The number of carbonyl (C=O) groups excluding carboxylic acids is 1. The van der Waals surface area contributed by atoms with Gasteiger partial charge in [0.1, 0.15) is 0 Å². The average Bonchev–Trinajstić information content (AvgIpc) is 2.29. The number of carbonyl (C=O) groups is 1. The lowest BCUT2D eigenvalue weighted by Gasteiger charge is -2.17. The van der Waals surface area contributed by atoms with Crippen LogP contribution in [0.2, 0.25) is 0 Å². The molecule has 0 fully saturated rings. The second-order valence-corrected chi connectivity index (χ2v) is 4.61. The first-order valence-corrected chi connectivity index (χ1v) is 6.10. The molecular formula is C12H17BrN2O. The Labute approximate surface area is 105 Å². The second kappa shape index (κ2) is 6.66. The molecule has 1 aromatic rings. The van der Waals surface area contributed by atoms with E-state index in [1.807, 2.05) is 38.4 Å². The minimum absolute atomic E-state index is 0.0728. The molecule has 0 saturated heterocycles. The quantitative estimate of drug-likeness (QED) is 0.841. The Hall–Kier alpha value is -0.870. The summed E-state index contributed by atoms with van der Waals surface area (Å²) in [4.78, 5) is 13.7. The van der Waals surface area contributed by atoms with Crippen LogP contribution in [-0.2, 0) is 0 Å². The third-order valence-corrected chi connectivity index (χ3v) is 2.89. The van der Waals surface area contributed by atoms with Crippen LogP contribution in [0.25, 0.3) is 0 Å². The Morgan fingerprint density at radius 1 is 1.38 bits per heavy atom. The van der Waals surface area contributed by atoms with Gasteiger partial charge in [0.15, 0.2) is 0 Å². The number of hydrogen-bond donors (Lipinski definition) is 1. The van der Waals surface area contributed by atoms with E-state index < -0.39 is 0 Å². The van der Waals surface area contributed by atoms with E-state index in [-0.39, 0.29) is 5.91 Å². The van der Waals surface area contributed by atoms with Gasteiger partial charge < -0.3 is 10.2 Å². The highest BCUT2D eigenvalue weighted by atomic mass is 79.9. The predicted octanol–water partition coefficient (Wildman–Crippen LogP) is 2.13. The van der Waals surface area contributed by atoms with E-state index in [2.05, 4.69) is 21.2 Å². The summed E-state index contributed by atoms with van der Waals surface area (Å²) in [6, 6.07) is 7.44. The molecule has 0 aliphatic heterocycles. The zero-order valence-corrected chi connectivity index (χ0v) is 11.3. The van der Waals surface area contributed by atoms with Gasteiger partial charge in [0.25, 0.3) is 5.91 Å². The average molecular weight is 285 g/mol. The second-order valence-electron chi connectivity index (χ2n) is 3.69. The monoisotopic (exact) mass is 284 g/mol. The van der Waals surface area contributed by atoms with E-state index in [1.54, 1.807) is 4.90 Å². The molecule has 0 aromatic heterocycles. The van der Waals surface area contributed by atoms with Crippen LogP contribution in [0.4, 0.5) is 0 Å². The van der Waals surface area contributed by atoms with Gasteiger partial charge >= 0.3 is 0 Å². The van der Waals surface area contributed by atoms with Crippen LogP contribution in [0.3, 0.4) is 0 Å². The summed E-state index contributed by atoms with van der Waals surface area (Å²) in [5, 5.41) is 3.07. The first-order valence-electron chi connectivity index (χ1n) is 5.31. The van der Waals surface area contributed by atoms with Crippen molar-refractivity contribution in [2.75, 3.05) is 27.2 Å². The molecule has 0 aliphatic rings. The first-order chi connectivity index (χ1) is 7.65. The maximum atomic E-state index is 11.9. The third-order valence-electron chi connectivity index (χ3n) is 2.36. The van der Waals surface area contributed by atoms with E-state index in [4.69, 9.17) is 0 Å². The molecule has 88 valence electrons. The molecule has 0 saturated carbocycles. The third kappa shape index (κ3) is 3.94. The Bertz CT molecular complexity index is 337. The lowest BCUT2D eigenvalue weighted by molar-refractivity contribution is 0.0794. The molecule has 0 atom stereocenters. The summed E-state index contributed by atoms with van der Waals surface area (Å²) in [6.45, 7) is 1.70. The Balaban J connectivity index is 2.53. The summed E-state index contributed by atoms with van der Waals surface area (Å²) < 4.78 is 0.988. The largest absolute Gasteiger partial charge is 0.342 e. The molecule has 3 nitrogen and oxygen atoms in total. The van der Waals surface area contributed by atoms with Crippen LogP contribution in [0.5, 0.6) is 0 Å². The zero-order chi connectivity index (χ0) is 12.0. The first kappa shape index (κ1) is 13.2. The lowest BCUT2D eigenvalue weighted by Crippen LogP contribution is -2.29. The van der Waals surface area contributed by atoms with Crippen LogP contribution in [0, 0.1) is 0 Å². The molecule has 0 spiro atoms. The summed E-state index contributed by atoms with van der Waals surface area (Å²) >= 11 is 3.35. The molecule has 1 N–H and O–H groups in total. The SMILES string of the molecule is CNCCCN(C)C(=O)c1ccc(Br)cc1. The van der Waals surface area contributed by atoms with Crippen molar-refractivity contribution in [3.63, 3.8) is 0 Å². The molecule has 0 radical (unpaired) electrons. The van der Waals surface area contributed by atoms with Gasteiger partial charge in [-0.15, -0.1) is 0 Å². The van der Waals surface area contributed by atoms with Gasteiger partial charge in [-0.1, -0.05) is 15.9 Å². The number of hydrogen-bond acceptors (Lipinski definition) is 2. The van der Waals surface area contributed by atoms with E-state index in [1.165, 1.54) is 0 Å². The normalized spacial score (nSPS) is 10.2. The van der Waals surface area contributed by atoms with Gasteiger partial charge in [-0.2, -0.15) is 0 Å². The van der Waals surface area contributed by atoms with Gasteiger partial charge in [0.05, 0.1) is 0 Å². The minimum atomic E-state index is 0.0728. The van der Waals surface area contributed by atoms with Crippen molar-refractivity contribution in [3.05, 3.63) is 34.3 Å². The molecule has 0 heterocycles. The highest BCUT2D eigenvalue weighted by Gasteiger charge is 2.10. The maximum absolute atomic E-state index is 11.9. The van der Waals surface area contributed by atoms with Gasteiger partial charge in [-0.25, -0.2) is 0 Å². The summed E-state index contributed by atoms with van der Waals surface area (Å²) in [5.41, 5.74) is 0.732. The Kier molecular flexibility index (Phi) is 5.49. The van der Waals surface area contributed by atoms with Crippen molar-refractivity contribution < 1.29 is 4.79 Å². The van der Waals surface area contributed by atoms with E-state index >= 15 is 0 Å². The van der Waals surface area contributed by atoms with Crippen molar-refractivity contribution in [1.29, 1.82) is 0 Å². The Morgan fingerprint density at radius 2 is 2.00 bits per heavy atom. The molecule has 16 heavy (non-hydrogen) atoms. The maximum Gasteiger partial charge on any atom is 0.253 e. The smallest absolute Gasteiger partial charge is 0.253 e. The number of benzene rings is 1. The fraction of sp³-hybridized carbons (Fsp3) is 0.417. The van der Waals surface area contributed by atoms with Crippen molar-refractivity contribution in [2.24, 2.45) is 0 Å². The topological polar surface area (TPSA) is 32.3 Å². The number of nitrogens with one attached hydrogen (secondary N) is 1. The van der Waals surface area contributed by atoms with Crippen molar-refractivity contribution >= 4 is 21.8 Å². The summed E-state index contributed by atoms with van der Waals surface area (Å²) in [7, 11) is 3.75. The van der Waals surface area contributed by atoms with Gasteiger partial charge in [0.2, 0.25) is 0 Å². The molecule has 0 aliphatic carbocycles. The summed E-state index contributed by atoms with van der Waals surface area (Å²) in [5.74, 6) is 0.0728. The van der Waals surface area contributed by atoms with Crippen LogP contribution < -0.4 is 5.32 Å². The summed E-state index contributed by atoms with van der Waals surface area (Å²) in [6.07, 6.45) is 0.968. The van der Waals surface area contributed by atoms with E-state index in [9.17, 15) is 4.79 Å². The Morgan fingerprint density at radius 3 is 2.56 bits per heavy atom. The molecule has 0 bridgehead atoms. The van der Waals surface area contributed by atoms with E-state index in [0.29, 0.717) is 0 Å². The number of rotatable bonds is 5. The van der Waals surface area contributed by atoms with Crippen LogP contribution in [0.1, 0.15) is 16.8 Å². The predicted molar refractivity (Wildman–Crippen MR) is 69.6 cm³/mol. The van der Waals surface area contributed by atoms with E-state index in [0.717, 1.165) is 29.5 Å². The van der Waals surface area contributed by atoms with Crippen molar-refractivity contribution in [2.45, 2.75) is 6.42 Å². The number of amides is 1. The van der Waals surface area contributed by atoms with Gasteiger partial charge in [-0.05, 0) is 44.3 Å². The van der Waals surface area contributed by atoms with Gasteiger partial charge in [0, 0.05) is 23.6 Å². The fourth-order valence-corrected chi connectivity index (χ4v) is 1.67. The molecular weight excluding hydrogens is 268 g/mol. The van der Waals surface area contributed by atoms with Crippen molar-refractivity contribution in [1.82, 2.24) is 10.2 Å². The fourth-order valence-electron chi connectivity index (χ4n) is 1.41. The van der Waals surface area contributed by atoms with Crippen molar-refractivity contribution in [3.8, 4) is 0 Å². The minimum Gasteiger partial charge on any atom is -0.342 e. The van der Waals surface area contributed by atoms with Crippen LogP contribution in [0.15, 0.2) is 28.7 Å². The zero-order valence-electron chi connectivity index (χ0n) is 9.66. The molecule has 1 aromatic carbocycles. The number of nitrogens with zero attached hydrogens (tertiary/aromatic N) is 1. The highest BCUT2D eigenvalue weighted by Crippen LogP contribution is 2.11. The molecule has 4 heteroatoms. The van der Waals surface area contributed by atoms with Crippen LogP contribution in [-0.4, -0.2) is 38.0 Å². The molecule has 0 unspecified atom stereocenters.